The highest BCUT2D eigenvalue weighted by atomic mass is 32.1. The number of hydrogen-bond donors (Lipinski definition) is 1. The second-order valence-electron chi connectivity index (χ2n) is 3.29. The van der Waals surface area contributed by atoms with Crippen molar-refractivity contribution in [1.82, 2.24) is 14.5 Å². The molecule has 2 aromatic heterocycles. The Kier molecular flexibility index (Phi) is 3.13. The lowest BCUT2D eigenvalue weighted by atomic mass is 10.2. The number of imidazole rings is 1. The summed E-state index contributed by atoms with van der Waals surface area (Å²) in [7, 11) is 0. The van der Waals surface area contributed by atoms with Crippen LogP contribution in [0.25, 0.3) is 0 Å². The van der Waals surface area contributed by atoms with Crippen LogP contribution in [0.5, 0.6) is 0 Å². The Balaban J connectivity index is 2.11. The average Bonchev–Trinajstić information content (AvgIpc) is 2.86. The van der Waals surface area contributed by atoms with Gasteiger partial charge in [-0.2, -0.15) is 0 Å². The van der Waals surface area contributed by atoms with Gasteiger partial charge in [0.05, 0.1) is 23.7 Å². The first-order valence-electron chi connectivity index (χ1n) is 4.86. The van der Waals surface area contributed by atoms with Gasteiger partial charge >= 0.3 is 0 Å². The highest BCUT2D eigenvalue weighted by Crippen LogP contribution is 2.19. The molecule has 0 aromatic carbocycles. The fourth-order valence-electron chi connectivity index (χ4n) is 1.51. The molecule has 80 valence electrons. The Morgan fingerprint density at radius 3 is 3.00 bits per heavy atom. The van der Waals surface area contributed by atoms with Crippen LogP contribution in [-0.2, 0) is 13.0 Å². The van der Waals surface area contributed by atoms with Crippen LogP contribution in [0.15, 0.2) is 24.2 Å². The fraction of sp³-hybridized carbons (Fsp3) is 0.400. The molecule has 0 bridgehead atoms. The van der Waals surface area contributed by atoms with Gasteiger partial charge in [0.15, 0.2) is 0 Å². The van der Waals surface area contributed by atoms with E-state index in [1.807, 2.05) is 11.5 Å². The third kappa shape index (κ3) is 2.24. The van der Waals surface area contributed by atoms with Crippen molar-refractivity contribution in [3.63, 3.8) is 0 Å². The van der Waals surface area contributed by atoms with Gasteiger partial charge in [0.25, 0.3) is 0 Å². The summed E-state index contributed by atoms with van der Waals surface area (Å²) in [4.78, 5) is 9.11. The molecule has 1 N–H and O–H groups in total. The molecule has 15 heavy (non-hydrogen) atoms. The number of thiazole rings is 1. The summed E-state index contributed by atoms with van der Waals surface area (Å²) in [5.74, 6) is 0. The SMILES string of the molecule is CCn1cncc1C(O)Cc1cncs1. The molecule has 1 atom stereocenters. The Bertz CT molecular complexity index is 410. The zero-order chi connectivity index (χ0) is 10.7. The van der Waals surface area contributed by atoms with E-state index in [1.165, 1.54) is 0 Å². The van der Waals surface area contributed by atoms with Gasteiger partial charge in [-0.1, -0.05) is 0 Å². The maximum Gasteiger partial charge on any atom is 0.100 e. The molecule has 0 aliphatic carbocycles. The van der Waals surface area contributed by atoms with Gasteiger partial charge in [0.2, 0.25) is 0 Å². The molecule has 2 heterocycles. The minimum Gasteiger partial charge on any atom is -0.386 e. The molecule has 0 saturated heterocycles. The Labute approximate surface area is 92.2 Å². The van der Waals surface area contributed by atoms with E-state index in [0.717, 1.165) is 17.1 Å². The van der Waals surface area contributed by atoms with Gasteiger partial charge in [-0.3, -0.25) is 4.98 Å². The summed E-state index contributed by atoms with van der Waals surface area (Å²) < 4.78 is 1.95. The summed E-state index contributed by atoms with van der Waals surface area (Å²) in [6.07, 6.45) is 5.37. The lowest BCUT2D eigenvalue weighted by Crippen LogP contribution is -2.07. The van der Waals surface area contributed by atoms with Gasteiger partial charge < -0.3 is 9.67 Å². The standard InChI is InChI=1S/C10H13N3OS/c1-2-13-6-11-5-9(13)10(14)3-8-4-12-7-15-8/h4-7,10,14H,2-3H2,1H3. The van der Waals surface area contributed by atoms with Crippen LogP contribution in [0.3, 0.4) is 0 Å². The van der Waals surface area contributed by atoms with Crippen molar-refractivity contribution in [2.45, 2.75) is 26.0 Å². The van der Waals surface area contributed by atoms with Crippen molar-refractivity contribution in [3.05, 3.63) is 34.8 Å². The number of aliphatic hydroxyl groups excluding tert-OH is 1. The summed E-state index contributed by atoms with van der Waals surface area (Å²) >= 11 is 1.56. The van der Waals surface area contributed by atoms with E-state index in [2.05, 4.69) is 9.97 Å². The maximum absolute atomic E-state index is 10.0. The lowest BCUT2D eigenvalue weighted by Gasteiger charge is -2.11. The summed E-state index contributed by atoms with van der Waals surface area (Å²) in [6.45, 7) is 2.86. The van der Waals surface area contributed by atoms with Gasteiger partial charge in [0, 0.05) is 24.0 Å². The van der Waals surface area contributed by atoms with E-state index < -0.39 is 6.10 Å². The molecule has 0 aliphatic heterocycles. The molecule has 0 aliphatic rings. The van der Waals surface area contributed by atoms with Gasteiger partial charge in [-0.05, 0) is 6.92 Å². The first kappa shape index (κ1) is 10.3. The number of hydrogen-bond acceptors (Lipinski definition) is 4. The average molecular weight is 223 g/mol. The van der Waals surface area contributed by atoms with E-state index in [9.17, 15) is 5.11 Å². The zero-order valence-electron chi connectivity index (χ0n) is 8.50. The van der Waals surface area contributed by atoms with E-state index >= 15 is 0 Å². The first-order valence-corrected chi connectivity index (χ1v) is 5.74. The second-order valence-corrected chi connectivity index (χ2v) is 4.26. The van der Waals surface area contributed by atoms with Crippen LogP contribution in [0, 0.1) is 0 Å². The van der Waals surface area contributed by atoms with Crippen LogP contribution in [0.1, 0.15) is 23.6 Å². The monoisotopic (exact) mass is 223 g/mol. The number of aliphatic hydroxyl groups is 1. The van der Waals surface area contributed by atoms with Crippen molar-refractivity contribution in [2.75, 3.05) is 0 Å². The van der Waals surface area contributed by atoms with Gasteiger partial charge in [-0.25, -0.2) is 4.98 Å². The van der Waals surface area contributed by atoms with Crippen LogP contribution < -0.4 is 0 Å². The van der Waals surface area contributed by atoms with Crippen LogP contribution in [0.2, 0.25) is 0 Å². The Morgan fingerprint density at radius 1 is 1.47 bits per heavy atom. The van der Waals surface area contributed by atoms with Gasteiger partial charge in [0.1, 0.15) is 6.10 Å². The van der Waals surface area contributed by atoms with Crippen molar-refractivity contribution in [2.24, 2.45) is 0 Å². The molecular weight excluding hydrogens is 210 g/mol. The quantitative estimate of drug-likeness (QED) is 0.857. The topological polar surface area (TPSA) is 50.9 Å². The predicted molar refractivity (Wildman–Crippen MR) is 58.7 cm³/mol. The fourth-order valence-corrected chi connectivity index (χ4v) is 2.14. The molecule has 1 unspecified atom stereocenters. The molecule has 0 fully saturated rings. The molecule has 4 nitrogen and oxygen atoms in total. The first-order chi connectivity index (χ1) is 7.31. The molecule has 5 heteroatoms. The molecule has 0 saturated carbocycles. The smallest absolute Gasteiger partial charge is 0.100 e. The summed E-state index contributed by atoms with van der Waals surface area (Å²) in [5, 5.41) is 10.0. The van der Waals surface area contributed by atoms with E-state index in [-0.39, 0.29) is 0 Å². The largest absolute Gasteiger partial charge is 0.386 e. The lowest BCUT2D eigenvalue weighted by molar-refractivity contribution is 0.170. The van der Waals surface area contributed by atoms with Crippen molar-refractivity contribution >= 4 is 11.3 Å². The predicted octanol–water partition coefficient (Wildman–Crippen LogP) is 1.64. The van der Waals surface area contributed by atoms with Crippen molar-refractivity contribution < 1.29 is 5.11 Å². The van der Waals surface area contributed by atoms with Crippen molar-refractivity contribution in [1.29, 1.82) is 0 Å². The molecular formula is C10H13N3OS. The Morgan fingerprint density at radius 2 is 2.33 bits per heavy atom. The molecule has 0 amide bonds. The van der Waals surface area contributed by atoms with Crippen LogP contribution >= 0.6 is 11.3 Å². The van der Waals surface area contributed by atoms with E-state index in [4.69, 9.17) is 0 Å². The van der Waals surface area contributed by atoms with Crippen LogP contribution in [0.4, 0.5) is 0 Å². The maximum atomic E-state index is 10.0. The number of nitrogens with zero attached hydrogens (tertiary/aromatic N) is 3. The normalized spacial score (nSPS) is 12.9. The minimum atomic E-state index is -0.493. The third-order valence-electron chi connectivity index (χ3n) is 2.30. The summed E-state index contributed by atoms with van der Waals surface area (Å²) in [5.41, 5.74) is 2.64. The second kappa shape index (κ2) is 4.55. The summed E-state index contributed by atoms with van der Waals surface area (Å²) in [6, 6.07) is 0. The molecule has 2 rings (SSSR count). The van der Waals surface area contributed by atoms with Crippen LogP contribution in [-0.4, -0.2) is 19.6 Å². The number of rotatable bonds is 4. The minimum absolute atomic E-state index is 0.493. The van der Waals surface area contributed by atoms with E-state index in [1.54, 1.807) is 35.6 Å². The highest BCUT2D eigenvalue weighted by Gasteiger charge is 2.13. The number of aryl methyl sites for hydroxylation is 1. The van der Waals surface area contributed by atoms with E-state index in [0.29, 0.717) is 6.42 Å². The third-order valence-corrected chi connectivity index (χ3v) is 3.11. The molecule has 0 spiro atoms. The molecule has 0 radical (unpaired) electrons. The number of aromatic nitrogens is 3. The Hall–Kier alpha value is -1.20. The molecule has 2 aromatic rings. The van der Waals surface area contributed by atoms with Gasteiger partial charge in [-0.15, -0.1) is 11.3 Å². The highest BCUT2D eigenvalue weighted by molar-refractivity contribution is 7.09. The zero-order valence-corrected chi connectivity index (χ0v) is 9.31. The van der Waals surface area contributed by atoms with Crippen molar-refractivity contribution in [3.8, 4) is 0 Å².